The van der Waals surface area contributed by atoms with Crippen LogP contribution >= 0.6 is 11.6 Å². The first kappa shape index (κ1) is 17.3. The van der Waals surface area contributed by atoms with Crippen LogP contribution in [0.15, 0.2) is 48.5 Å². The second-order valence-corrected chi connectivity index (χ2v) is 5.91. The minimum absolute atomic E-state index is 0.0493. The van der Waals surface area contributed by atoms with Crippen LogP contribution in [-0.2, 0) is 0 Å². The molecule has 0 saturated heterocycles. The van der Waals surface area contributed by atoms with Gasteiger partial charge in [0.25, 0.3) is 5.91 Å². The summed E-state index contributed by atoms with van der Waals surface area (Å²) < 4.78 is 5.27. The Bertz CT molecular complexity index is 674. The highest BCUT2D eigenvalue weighted by atomic mass is 35.5. The van der Waals surface area contributed by atoms with Gasteiger partial charge in [0.2, 0.25) is 0 Å². The summed E-state index contributed by atoms with van der Waals surface area (Å²) in [5.41, 5.74) is 1.64. The van der Waals surface area contributed by atoms with Crippen molar-refractivity contribution >= 4 is 17.5 Å². The molecule has 0 saturated carbocycles. The zero-order valence-corrected chi connectivity index (χ0v) is 14.3. The van der Waals surface area contributed by atoms with Crippen molar-refractivity contribution in [2.24, 2.45) is 0 Å². The second kappa shape index (κ2) is 7.99. The summed E-state index contributed by atoms with van der Waals surface area (Å²) in [7, 11) is 5.61. The molecule has 5 heteroatoms. The van der Waals surface area contributed by atoms with Crippen LogP contribution in [0.2, 0.25) is 5.02 Å². The lowest BCUT2D eigenvalue weighted by atomic mass is 10.1. The third-order valence-electron chi connectivity index (χ3n) is 3.64. The number of amides is 1. The maximum Gasteiger partial charge on any atom is 0.251 e. The summed E-state index contributed by atoms with van der Waals surface area (Å²) in [6.07, 6.45) is 0. The summed E-state index contributed by atoms with van der Waals surface area (Å²) in [6, 6.07) is 14.8. The number of carbonyl (C=O) groups is 1. The Morgan fingerprint density at radius 2 is 1.96 bits per heavy atom. The average molecular weight is 333 g/mol. The molecule has 23 heavy (non-hydrogen) atoms. The highest BCUT2D eigenvalue weighted by Crippen LogP contribution is 2.22. The summed E-state index contributed by atoms with van der Waals surface area (Å²) >= 11 is 5.93. The Morgan fingerprint density at radius 3 is 2.61 bits per heavy atom. The van der Waals surface area contributed by atoms with Crippen LogP contribution in [0, 0.1) is 0 Å². The van der Waals surface area contributed by atoms with Gasteiger partial charge in [-0.2, -0.15) is 0 Å². The van der Waals surface area contributed by atoms with Crippen LogP contribution in [-0.4, -0.2) is 38.6 Å². The van der Waals surface area contributed by atoms with Crippen molar-refractivity contribution in [3.63, 3.8) is 0 Å². The average Bonchev–Trinajstić information content (AvgIpc) is 2.54. The lowest BCUT2D eigenvalue weighted by molar-refractivity contribution is 0.0942. The van der Waals surface area contributed by atoms with E-state index < -0.39 is 0 Å². The Kier molecular flexibility index (Phi) is 6.02. The molecule has 0 bridgehead atoms. The lowest BCUT2D eigenvalue weighted by Crippen LogP contribution is -2.34. The van der Waals surface area contributed by atoms with Gasteiger partial charge in [-0.1, -0.05) is 29.8 Å². The van der Waals surface area contributed by atoms with E-state index >= 15 is 0 Å². The number of hydrogen-bond acceptors (Lipinski definition) is 3. The summed E-state index contributed by atoms with van der Waals surface area (Å²) in [5, 5.41) is 3.51. The summed E-state index contributed by atoms with van der Waals surface area (Å²) in [5.74, 6) is 0.665. The van der Waals surface area contributed by atoms with E-state index in [-0.39, 0.29) is 11.9 Å². The number of methoxy groups -OCH3 is 1. The van der Waals surface area contributed by atoms with Gasteiger partial charge in [0.15, 0.2) is 0 Å². The van der Waals surface area contributed by atoms with Gasteiger partial charge in [-0.25, -0.2) is 0 Å². The van der Waals surface area contributed by atoms with Crippen LogP contribution in [0.4, 0.5) is 0 Å². The van der Waals surface area contributed by atoms with Crippen molar-refractivity contribution in [2.45, 2.75) is 6.04 Å². The molecule has 2 aromatic carbocycles. The van der Waals surface area contributed by atoms with E-state index in [0.29, 0.717) is 17.1 Å². The number of halogens is 1. The Morgan fingerprint density at radius 1 is 1.22 bits per heavy atom. The van der Waals surface area contributed by atoms with Crippen molar-refractivity contribution in [3.8, 4) is 5.75 Å². The number of nitrogens with zero attached hydrogens (tertiary/aromatic N) is 1. The van der Waals surface area contributed by atoms with Crippen LogP contribution in [0.25, 0.3) is 0 Å². The first-order valence-corrected chi connectivity index (χ1v) is 7.73. The van der Waals surface area contributed by atoms with Crippen molar-refractivity contribution in [3.05, 3.63) is 64.7 Å². The van der Waals surface area contributed by atoms with Gasteiger partial charge in [0.05, 0.1) is 13.2 Å². The number of rotatable bonds is 6. The van der Waals surface area contributed by atoms with Crippen LogP contribution < -0.4 is 10.1 Å². The molecule has 1 N–H and O–H groups in total. The SMILES string of the molecule is COc1cccc(C(CNC(=O)c2cccc(Cl)c2)N(C)C)c1. The molecule has 0 heterocycles. The Labute approximate surface area is 142 Å². The number of carbonyl (C=O) groups excluding carboxylic acids is 1. The van der Waals surface area contributed by atoms with Crippen molar-refractivity contribution in [2.75, 3.05) is 27.7 Å². The lowest BCUT2D eigenvalue weighted by Gasteiger charge is -2.25. The standard InChI is InChI=1S/C18H21ClN2O2/c1-21(2)17(13-6-5-9-16(11-13)23-3)12-20-18(22)14-7-4-8-15(19)10-14/h4-11,17H,12H2,1-3H3,(H,20,22). The van der Waals surface area contributed by atoms with Crippen molar-refractivity contribution in [1.29, 1.82) is 0 Å². The first-order valence-electron chi connectivity index (χ1n) is 7.35. The number of likely N-dealkylation sites (N-methyl/N-ethyl adjacent to an activating group) is 1. The van der Waals surface area contributed by atoms with Gasteiger partial charge < -0.3 is 15.0 Å². The van der Waals surface area contributed by atoms with Gasteiger partial charge in [0.1, 0.15) is 5.75 Å². The van der Waals surface area contributed by atoms with Gasteiger partial charge in [-0.15, -0.1) is 0 Å². The van der Waals surface area contributed by atoms with Gasteiger partial charge in [-0.3, -0.25) is 4.79 Å². The third-order valence-corrected chi connectivity index (χ3v) is 3.88. The normalized spacial score (nSPS) is 12.0. The molecular formula is C18H21ClN2O2. The number of benzene rings is 2. The van der Waals surface area contributed by atoms with Crippen molar-refractivity contribution < 1.29 is 9.53 Å². The molecule has 4 nitrogen and oxygen atoms in total. The molecule has 0 aromatic heterocycles. The summed E-state index contributed by atoms with van der Waals surface area (Å²) in [4.78, 5) is 14.3. The largest absolute Gasteiger partial charge is 0.497 e. The predicted octanol–water partition coefficient (Wildman–Crippen LogP) is 3.38. The molecule has 122 valence electrons. The van der Waals surface area contributed by atoms with E-state index in [9.17, 15) is 4.79 Å². The van der Waals surface area contributed by atoms with E-state index in [2.05, 4.69) is 10.2 Å². The van der Waals surface area contributed by atoms with E-state index in [1.165, 1.54) is 0 Å². The molecule has 2 aromatic rings. The zero-order valence-electron chi connectivity index (χ0n) is 13.5. The van der Waals surface area contributed by atoms with E-state index in [4.69, 9.17) is 16.3 Å². The molecule has 2 rings (SSSR count). The molecule has 0 radical (unpaired) electrons. The topological polar surface area (TPSA) is 41.6 Å². The van der Waals surface area contributed by atoms with Crippen LogP contribution in [0.5, 0.6) is 5.75 Å². The summed E-state index contributed by atoms with van der Waals surface area (Å²) in [6.45, 7) is 0.492. The maximum atomic E-state index is 12.3. The molecule has 0 aliphatic heterocycles. The van der Waals surface area contributed by atoms with E-state index in [0.717, 1.165) is 11.3 Å². The maximum absolute atomic E-state index is 12.3. The van der Waals surface area contributed by atoms with Gasteiger partial charge >= 0.3 is 0 Å². The molecule has 0 aliphatic carbocycles. The number of nitrogens with one attached hydrogen (secondary N) is 1. The highest BCUT2D eigenvalue weighted by Gasteiger charge is 2.16. The van der Waals surface area contributed by atoms with E-state index in [1.54, 1.807) is 31.4 Å². The number of ether oxygens (including phenoxy) is 1. The fraction of sp³-hybridized carbons (Fsp3) is 0.278. The van der Waals surface area contributed by atoms with Crippen LogP contribution in [0.1, 0.15) is 22.0 Å². The third kappa shape index (κ3) is 4.71. The molecule has 0 spiro atoms. The van der Waals surface area contributed by atoms with Gasteiger partial charge in [0, 0.05) is 17.1 Å². The Hall–Kier alpha value is -2.04. The fourth-order valence-corrected chi connectivity index (χ4v) is 2.56. The zero-order chi connectivity index (χ0) is 16.8. The molecule has 1 amide bonds. The van der Waals surface area contributed by atoms with Gasteiger partial charge in [-0.05, 0) is 50.0 Å². The monoisotopic (exact) mass is 332 g/mol. The fourth-order valence-electron chi connectivity index (χ4n) is 2.37. The molecule has 0 aliphatic rings. The second-order valence-electron chi connectivity index (χ2n) is 5.48. The van der Waals surface area contributed by atoms with Crippen LogP contribution in [0.3, 0.4) is 0 Å². The van der Waals surface area contributed by atoms with E-state index in [1.807, 2.05) is 38.4 Å². The molecule has 0 fully saturated rings. The number of hydrogen-bond donors (Lipinski definition) is 1. The minimum Gasteiger partial charge on any atom is -0.497 e. The smallest absolute Gasteiger partial charge is 0.251 e. The van der Waals surface area contributed by atoms with Crippen molar-refractivity contribution in [1.82, 2.24) is 10.2 Å². The first-order chi connectivity index (χ1) is 11.0. The molecule has 1 unspecified atom stereocenters. The predicted molar refractivity (Wildman–Crippen MR) is 93.2 cm³/mol. The quantitative estimate of drug-likeness (QED) is 0.881. The molecular weight excluding hydrogens is 312 g/mol. The molecule has 1 atom stereocenters. The minimum atomic E-state index is -0.137. The Balaban J connectivity index is 2.09. The highest BCUT2D eigenvalue weighted by molar-refractivity contribution is 6.30.